The number of carboxylic acid groups (broad SMARTS) is 1. The van der Waals surface area contributed by atoms with Gasteiger partial charge in [-0.25, -0.2) is 13.4 Å². The Kier molecular flexibility index (Phi) is 5.40. The summed E-state index contributed by atoms with van der Waals surface area (Å²) in [5, 5.41) is 20.3. The van der Waals surface area contributed by atoms with Crippen LogP contribution in [-0.2, 0) is 21.2 Å². The average molecular weight is 436 g/mol. The number of nitro benzene ring substituents is 1. The zero-order chi connectivity index (χ0) is 21.3. The Balaban J connectivity index is 2.29. The van der Waals surface area contributed by atoms with Crippen LogP contribution >= 0.6 is 11.6 Å². The van der Waals surface area contributed by atoms with Crippen molar-refractivity contribution in [1.29, 1.82) is 0 Å². The number of imidazole rings is 1. The molecule has 0 radical (unpaired) electrons. The van der Waals surface area contributed by atoms with Crippen LogP contribution in [-0.4, -0.2) is 40.2 Å². The number of sulfone groups is 1. The summed E-state index contributed by atoms with van der Waals surface area (Å²) in [6.45, 7) is -0.510. The minimum atomic E-state index is -3.88. The van der Waals surface area contributed by atoms with E-state index in [0.717, 1.165) is 12.3 Å². The molecule has 0 amide bonds. The smallest absolute Gasteiger partial charge is 0.323 e. The number of nitro groups is 1. The van der Waals surface area contributed by atoms with E-state index in [9.17, 15) is 28.4 Å². The van der Waals surface area contributed by atoms with E-state index < -0.39 is 27.3 Å². The molecule has 3 rings (SSSR count). The third-order valence-electron chi connectivity index (χ3n) is 4.03. The van der Waals surface area contributed by atoms with Gasteiger partial charge in [-0.15, -0.1) is 0 Å². The maximum absolute atomic E-state index is 12.5. The molecule has 29 heavy (non-hydrogen) atoms. The highest BCUT2D eigenvalue weighted by Gasteiger charge is 2.24. The van der Waals surface area contributed by atoms with E-state index in [1.807, 2.05) is 0 Å². The van der Waals surface area contributed by atoms with E-state index in [1.165, 1.54) is 22.8 Å². The number of hydrogen-bond donors (Lipinski definition) is 1. The van der Waals surface area contributed by atoms with Crippen LogP contribution in [0.4, 0.5) is 5.69 Å². The summed E-state index contributed by atoms with van der Waals surface area (Å²) in [6, 6.07) is 10.5. The van der Waals surface area contributed by atoms with Gasteiger partial charge in [-0.1, -0.05) is 29.8 Å². The molecule has 0 aliphatic carbocycles. The Morgan fingerprint density at radius 3 is 2.62 bits per heavy atom. The van der Waals surface area contributed by atoms with Crippen LogP contribution in [0.25, 0.3) is 22.0 Å². The molecular formula is C18H14ClN3O6S. The number of halogens is 1. The van der Waals surface area contributed by atoms with Crippen LogP contribution in [0.3, 0.4) is 0 Å². The van der Waals surface area contributed by atoms with Crippen LogP contribution in [0.2, 0.25) is 5.02 Å². The zero-order valence-corrected chi connectivity index (χ0v) is 16.5. The predicted molar refractivity (Wildman–Crippen MR) is 108 cm³/mol. The summed E-state index contributed by atoms with van der Waals surface area (Å²) in [7, 11) is -3.88. The molecule has 0 saturated carbocycles. The molecule has 11 heteroatoms. The number of para-hydroxylation sites is 2. The minimum absolute atomic E-state index is 0.0753. The van der Waals surface area contributed by atoms with Gasteiger partial charge in [0.1, 0.15) is 16.5 Å². The minimum Gasteiger partial charge on any atom is -0.480 e. The molecule has 0 atom stereocenters. The molecule has 1 N–H and O–H groups in total. The number of nitrogens with zero attached hydrogens (tertiary/aromatic N) is 3. The highest BCUT2D eigenvalue weighted by atomic mass is 35.5. The first-order valence-electron chi connectivity index (χ1n) is 8.11. The SMILES string of the molecule is CS(=O)(=O)/C(=C\c1ccc(Cl)c([N+](=O)[O-])c1)c1nc2ccccc2n1CC(=O)O. The molecule has 150 valence electrons. The fourth-order valence-electron chi connectivity index (χ4n) is 2.81. The van der Waals surface area contributed by atoms with Crippen LogP contribution < -0.4 is 0 Å². The molecule has 1 heterocycles. The Morgan fingerprint density at radius 1 is 1.31 bits per heavy atom. The third kappa shape index (κ3) is 4.28. The Morgan fingerprint density at radius 2 is 2.00 bits per heavy atom. The van der Waals surface area contributed by atoms with Crippen molar-refractivity contribution in [3.05, 3.63) is 69.0 Å². The van der Waals surface area contributed by atoms with E-state index in [0.29, 0.717) is 11.0 Å². The van der Waals surface area contributed by atoms with Crippen LogP contribution in [0, 0.1) is 10.1 Å². The molecule has 0 bridgehead atoms. The Hall–Kier alpha value is -3.24. The normalized spacial score (nSPS) is 12.3. The molecule has 1 aromatic heterocycles. The van der Waals surface area contributed by atoms with Crippen molar-refractivity contribution in [1.82, 2.24) is 9.55 Å². The molecular weight excluding hydrogens is 422 g/mol. The van der Waals surface area contributed by atoms with Crippen molar-refractivity contribution >= 4 is 55.1 Å². The lowest BCUT2D eigenvalue weighted by Gasteiger charge is -2.09. The van der Waals surface area contributed by atoms with Gasteiger partial charge < -0.3 is 9.67 Å². The van der Waals surface area contributed by atoms with Gasteiger partial charge >= 0.3 is 5.97 Å². The average Bonchev–Trinajstić information content (AvgIpc) is 2.97. The van der Waals surface area contributed by atoms with Gasteiger partial charge in [-0.2, -0.15) is 0 Å². The molecule has 3 aromatic rings. The second-order valence-electron chi connectivity index (χ2n) is 6.15. The highest BCUT2D eigenvalue weighted by molar-refractivity contribution is 8.00. The first-order valence-corrected chi connectivity index (χ1v) is 10.4. The van der Waals surface area contributed by atoms with Gasteiger partial charge in [0.25, 0.3) is 5.69 Å². The molecule has 9 nitrogen and oxygen atoms in total. The molecule has 0 unspecified atom stereocenters. The lowest BCUT2D eigenvalue weighted by atomic mass is 10.2. The van der Waals surface area contributed by atoms with Crippen molar-refractivity contribution in [2.45, 2.75) is 6.54 Å². The standard InChI is InChI=1S/C18H14ClN3O6S/c1-29(27,28)16(9-11-6-7-12(19)15(8-11)22(25)26)18-20-13-4-2-3-5-14(13)21(18)10-17(23)24/h2-9H,10H2,1H3,(H,23,24)/b16-9-. The first-order chi connectivity index (χ1) is 13.6. The second-order valence-corrected chi connectivity index (χ2v) is 8.54. The summed E-state index contributed by atoms with van der Waals surface area (Å²) < 4.78 is 26.3. The second kappa shape index (κ2) is 7.64. The Bertz CT molecular complexity index is 1280. The number of carbonyl (C=O) groups is 1. The fraction of sp³-hybridized carbons (Fsp3) is 0.111. The van der Waals surface area contributed by atoms with Gasteiger partial charge in [0.15, 0.2) is 15.7 Å². The summed E-state index contributed by atoms with van der Waals surface area (Å²) >= 11 is 5.81. The van der Waals surface area contributed by atoms with E-state index in [4.69, 9.17) is 11.6 Å². The maximum Gasteiger partial charge on any atom is 0.323 e. The van der Waals surface area contributed by atoms with Gasteiger partial charge in [0.2, 0.25) is 0 Å². The maximum atomic E-state index is 12.5. The number of carboxylic acids is 1. The summed E-state index contributed by atoms with van der Waals surface area (Å²) in [6.07, 6.45) is 2.16. The van der Waals surface area contributed by atoms with E-state index in [1.54, 1.807) is 24.3 Å². The lowest BCUT2D eigenvalue weighted by molar-refractivity contribution is -0.384. The number of aromatic nitrogens is 2. The molecule has 2 aromatic carbocycles. The lowest BCUT2D eigenvalue weighted by Crippen LogP contribution is -2.14. The summed E-state index contributed by atoms with van der Waals surface area (Å²) in [5.74, 6) is -1.25. The quantitative estimate of drug-likeness (QED) is 0.464. The van der Waals surface area contributed by atoms with Gasteiger partial charge in [0, 0.05) is 12.3 Å². The number of benzene rings is 2. The van der Waals surface area contributed by atoms with Crippen LogP contribution in [0.5, 0.6) is 0 Å². The Labute approximate surface area is 169 Å². The molecule has 0 aliphatic heterocycles. The van der Waals surface area contributed by atoms with Crippen molar-refractivity contribution in [2.24, 2.45) is 0 Å². The van der Waals surface area contributed by atoms with Crippen molar-refractivity contribution in [2.75, 3.05) is 6.26 Å². The van der Waals surface area contributed by atoms with E-state index in [2.05, 4.69) is 4.98 Å². The number of fused-ring (bicyclic) bond motifs is 1. The largest absolute Gasteiger partial charge is 0.480 e. The van der Waals surface area contributed by atoms with E-state index in [-0.39, 0.29) is 27.0 Å². The van der Waals surface area contributed by atoms with E-state index >= 15 is 0 Å². The summed E-state index contributed by atoms with van der Waals surface area (Å²) in [4.78, 5) is 25.8. The zero-order valence-electron chi connectivity index (χ0n) is 14.9. The number of aliphatic carboxylic acids is 1. The van der Waals surface area contributed by atoms with Gasteiger partial charge in [-0.05, 0) is 29.8 Å². The molecule has 0 saturated heterocycles. The third-order valence-corrected chi connectivity index (χ3v) is 5.45. The van der Waals surface area contributed by atoms with Crippen molar-refractivity contribution < 1.29 is 23.2 Å². The van der Waals surface area contributed by atoms with Crippen LogP contribution in [0.1, 0.15) is 11.4 Å². The monoisotopic (exact) mass is 435 g/mol. The molecule has 0 spiro atoms. The van der Waals surface area contributed by atoms with Gasteiger partial charge in [0.05, 0.1) is 16.0 Å². The van der Waals surface area contributed by atoms with Crippen molar-refractivity contribution in [3.8, 4) is 0 Å². The predicted octanol–water partition coefficient (Wildman–Crippen LogP) is 3.23. The summed E-state index contributed by atoms with van der Waals surface area (Å²) in [5.41, 5.74) is 0.685. The van der Waals surface area contributed by atoms with Gasteiger partial charge in [-0.3, -0.25) is 14.9 Å². The number of rotatable bonds is 6. The highest BCUT2D eigenvalue weighted by Crippen LogP contribution is 2.30. The fourth-order valence-corrected chi connectivity index (χ4v) is 3.83. The topological polar surface area (TPSA) is 132 Å². The molecule has 0 fully saturated rings. The van der Waals surface area contributed by atoms with Crippen molar-refractivity contribution in [3.63, 3.8) is 0 Å². The molecule has 0 aliphatic rings. The van der Waals surface area contributed by atoms with Crippen LogP contribution in [0.15, 0.2) is 42.5 Å². The first kappa shape index (κ1) is 20.5. The number of hydrogen-bond acceptors (Lipinski definition) is 6.